The highest BCUT2D eigenvalue weighted by atomic mass is 16.5. The average Bonchev–Trinajstić information content (AvgIpc) is 2.43. The van der Waals surface area contributed by atoms with Crippen LogP contribution in [0.5, 0.6) is 0 Å². The number of aryl methyl sites for hydroxylation is 1. The molecular weight excluding hydrogens is 256 g/mol. The minimum Gasteiger partial charge on any atom is -0.396 e. The molecule has 0 amide bonds. The van der Waals surface area contributed by atoms with Gasteiger partial charge in [-0.3, -0.25) is 0 Å². The Morgan fingerprint density at radius 1 is 1.30 bits per heavy atom. The van der Waals surface area contributed by atoms with Gasteiger partial charge in [-0.15, -0.1) is 0 Å². The topological polar surface area (TPSA) is 79.3 Å². The van der Waals surface area contributed by atoms with Crippen molar-refractivity contribution in [2.45, 2.75) is 39.2 Å². The Morgan fingerprint density at radius 3 is 2.55 bits per heavy atom. The van der Waals surface area contributed by atoms with Crippen LogP contribution in [0.1, 0.15) is 31.2 Å². The molecule has 1 atom stereocenters. The summed E-state index contributed by atoms with van der Waals surface area (Å²) in [5, 5.41) is 15.6. The molecule has 0 spiro atoms. The fraction of sp³-hybridized carbons (Fsp3) is 0.714. The van der Waals surface area contributed by atoms with E-state index in [1.165, 1.54) is 0 Å². The summed E-state index contributed by atoms with van der Waals surface area (Å²) < 4.78 is 5.17. The number of aliphatic hydroxyl groups excluding tert-OH is 1. The largest absolute Gasteiger partial charge is 0.396 e. The Balaban J connectivity index is 2.98. The van der Waals surface area contributed by atoms with Gasteiger partial charge in [-0.25, -0.2) is 9.97 Å². The first-order chi connectivity index (χ1) is 9.65. The minimum atomic E-state index is 0.0396. The number of aliphatic hydroxyl groups is 1. The lowest BCUT2D eigenvalue weighted by Crippen LogP contribution is -2.27. The molecule has 1 aromatic heterocycles. The van der Waals surface area contributed by atoms with Gasteiger partial charge in [-0.1, -0.05) is 6.92 Å². The summed E-state index contributed by atoms with van der Waals surface area (Å²) in [5.41, 5.74) is 0.978. The predicted molar refractivity (Wildman–Crippen MR) is 81.3 cm³/mol. The van der Waals surface area contributed by atoms with Crippen LogP contribution in [0, 0.1) is 6.92 Å². The number of nitrogens with one attached hydrogen (secondary N) is 2. The molecule has 114 valence electrons. The van der Waals surface area contributed by atoms with Crippen molar-refractivity contribution in [2.24, 2.45) is 0 Å². The molecule has 0 aliphatic heterocycles. The lowest BCUT2D eigenvalue weighted by atomic mass is 10.2. The molecular formula is C14H26N4O2. The molecule has 1 aromatic rings. The van der Waals surface area contributed by atoms with Gasteiger partial charge in [0.1, 0.15) is 17.5 Å². The second-order valence-corrected chi connectivity index (χ2v) is 4.77. The van der Waals surface area contributed by atoms with Crippen LogP contribution in [0.15, 0.2) is 0 Å². The molecule has 20 heavy (non-hydrogen) atoms. The number of ether oxygens (including phenoxy) is 1. The third kappa shape index (κ3) is 4.61. The maximum Gasteiger partial charge on any atom is 0.135 e. The van der Waals surface area contributed by atoms with Crippen molar-refractivity contribution in [1.82, 2.24) is 9.97 Å². The molecule has 6 nitrogen and oxygen atoms in total. The van der Waals surface area contributed by atoms with E-state index in [9.17, 15) is 0 Å². The normalized spacial score (nSPS) is 12.2. The van der Waals surface area contributed by atoms with E-state index < -0.39 is 0 Å². The molecule has 1 heterocycles. The fourth-order valence-corrected chi connectivity index (χ4v) is 2.03. The van der Waals surface area contributed by atoms with E-state index in [1.807, 2.05) is 14.0 Å². The quantitative estimate of drug-likeness (QED) is 0.638. The minimum absolute atomic E-state index is 0.0396. The summed E-state index contributed by atoms with van der Waals surface area (Å²) in [6.07, 6.45) is 2.47. The maximum absolute atomic E-state index is 9.11. The molecule has 6 heteroatoms. The Morgan fingerprint density at radius 2 is 2.00 bits per heavy atom. The van der Waals surface area contributed by atoms with Crippen LogP contribution < -0.4 is 10.6 Å². The Bertz CT molecular complexity index is 406. The summed E-state index contributed by atoms with van der Waals surface area (Å²) in [7, 11) is 3.51. The molecule has 0 aliphatic carbocycles. The number of hydrogen-bond donors (Lipinski definition) is 3. The number of hydrogen-bond acceptors (Lipinski definition) is 6. The molecule has 0 saturated heterocycles. The number of anilines is 2. The van der Waals surface area contributed by atoms with Crippen LogP contribution in [-0.4, -0.2) is 48.5 Å². The molecule has 3 N–H and O–H groups in total. The summed E-state index contributed by atoms with van der Waals surface area (Å²) in [6, 6.07) is 0.0396. The SMILES string of the molecule is CCCc1nc(NC)c(C)c(NC(CCO)COC)n1. The van der Waals surface area contributed by atoms with Gasteiger partial charge in [0.15, 0.2) is 0 Å². The highest BCUT2D eigenvalue weighted by molar-refractivity contribution is 5.57. The Hall–Kier alpha value is -1.40. The lowest BCUT2D eigenvalue weighted by Gasteiger charge is -2.20. The van der Waals surface area contributed by atoms with Crippen LogP contribution in [0.2, 0.25) is 0 Å². The van der Waals surface area contributed by atoms with Gasteiger partial charge in [0.25, 0.3) is 0 Å². The van der Waals surface area contributed by atoms with Gasteiger partial charge in [-0.2, -0.15) is 0 Å². The summed E-state index contributed by atoms with van der Waals surface area (Å²) in [4.78, 5) is 9.07. The first-order valence-corrected chi connectivity index (χ1v) is 7.07. The number of rotatable bonds is 9. The summed E-state index contributed by atoms with van der Waals surface area (Å²) in [5.74, 6) is 2.47. The molecule has 0 aliphatic rings. The molecule has 0 fully saturated rings. The number of aromatic nitrogens is 2. The van der Waals surface area contributed by atoms with Gasteiger partial charge in [0, 0.05) is 32.7 Å². The van der Waals surface area contributed by atoms with Gasteiger partial charge in [-0.05, 0) is 19.8 Å². The van der Waals surface area contributed by atoms with Gasteiger partial charge in [0.2, 0.25) is 0 Å². The second-order valence-electron chi connectivity index (χ2n) is 4.77. The highest BCUT2D eigenvalue weighted by Crippen LogP contribution is 2.21. The van der Waals surface area contributed by atoms with Crippen molar-refractivity contribution < 1.29 is 9.84 Å². The van der Waals surface area contributed by atoms with Crippen molar-refractivity contribution in [1.29, 1.82) is 0 Å². The van der Waals surface area contributed by atoms with E-state index in [0.29, 0.717) is 13.0 Å². The van der Waals surface area contributed by atoms with Crippen molar-refractivity contribution in [3.8, 4) is 0 Å². The van der Waals surface area contributed by atoms with Gasteiger partial charge in [0.05, 0.1) is 12.6 Å². The summed E-state index contributed by atoms with van der Waals surface area (Å²) >= 11 is 0. The molecule has 0 aromatic carbocycles. The monoisotopic (exact) mass is 282 g/mol. The zero-order valence-electron chi connectivity index (χ0n) is 12.9. The lowest BCUT2D eigenvalue weighted by molar-refractivity contribution is 0.170. The molecule has 0 radical (unpaired) electrons. The highest BCUT2D eigenvalue weighted by Gasteiger charge is 2.14. The average molecular weight is 282 g/mol. The van der Waals surface area contributed by atoms with E-state index in [2.05, 4.69) is 27.5 Å². The van der Waals surface area contributed by atoms with Gasteiger partial charge >= 0.3 is 0 Å². The molecule has 0 bridgehead atoms. The first kappa shape index (κ1) is 16.7. The zero-order chi connectivity index (χ0) is 15.0. The molecule has 0 saturated carbocycles. The third-order valence-electron chi connectivity index (χ3n) is 3.09. The van der Waals surface area contributed by atoms with Crippen molar-refractivity contribution in [2.75, 3.05) is 38.0 Å². The third-order valence-corrected chi connectivity index (χ3v) is 3.09. The van der Waals surface area contributed by atoms with Crippen molar-refractivity contribution in [3.05, 3.63) is 11.4 Å². The van der Waals surface area contributed by atoms with E-state index in [1.54, 1.807) is 7.11 Å². The Kier molecular flexibility index (Phi) is 7.25. The van der Waals surface area contributed by atoms with E-state index in [0.717, 1.165) is 35.9 Å². The van der Waals surface area contributed by atoms with Crippen LogP contribution >= 0.6 is 0 Å². The Labute approximate surface area is 121 Å². The van der Waals surface area contributed by atoms with Crippen LogP contribution in [0.3, 0.4) is 0 Å². The standard InChI is InChI=1S/C14H26N4O2/c1-5-6-12-17-13(15-3)10(2)14(18-12)16-11(7-8-19)9-20-4/h11,19H,5-9H2,1-4H3,(H2,15,16,17,18). The van der Waals surface area contributed by atoms with Crippen molar-refractivity contribution >= 4 is 11.6 Å². The molecule has 1 rings (SSSR count). The predicted octanol–water partition coefficient (Wildman–Crippen LogP) is 1.59. The number of nitrogens with zero attached hydrogens (tertiary/aromatic N) is 2. The van der Waals surface area contributed by atoms with Gasteiger partial charge < -0.3 is 20.5 Å². The zero-order valence-corrected chi connectivity index (χ0v) is 12.9. The van der Waals surface area contributed by atoms with E-state index >= 15 is 0 Å². The second kappa shape index (κ2) is 8.71. The first-order valence-electron chi connectivity index (χ1n) is 7.07. The van der Waals surface area contributed by atoms with Crippen molar-refractivity contribution in [3.63, 3.8) is 0 Å². The van der Waals surface area contributed by atoms with Crippen LogP contribution in [-0.2, 0) is 11.2 Å². The fourth-order valence-electron chi connectivity index (χ4n) is 2.03. The van der Waals surface area contributed by atoms with Crippen LogP contribution in [0.25, 0.3) is 0 Å². The smallest absolute Gasteiger partial charge is 0.135 e. The van der Waals surface area contributed by atoms with Crippen LogP contribution in [0.4, 0.5) is 11.6 Å². The summed E-state index contributed by atoms with van der Waals surface area (Å²) in [6.45, 7) is 4.73. The van der Waals surface area contributed by atoms with E-state index in [-0.39, 0.29) is 12.6 Å². The van der Waals surface area contributed by atoms with E-state index in [4.69, 9.17) is 9.84 Å². The molecule has 1 unspecified atom stereocenters. The maximum atomic E-state index is 9.11. The number of methoxy groups -OCH3 is 1.